The second-order valence-electron chi connectivity index (χ2n) is 6.11. The third-order valence-corrected chi connectivity index (χ3v) is 4.99. The number of hydrogen-bond donors (Lipinski definition) is 1. The van der Waals surface area contributed by atoms with E-state index >= 15 is 0 Å². The summed E-state index contributed by atoms with van der Waals surface area (Å²) in [4.78, 5) is 30.5. The molecule has 1 aliphatic heterocycles. The largest absolute Gasteiger partial charge is 0.494 e. The third kappa shape index (κ3) is 3.36. The maximum Gasteiger partial charge on any atom is 0.231 e. The lowest BCUT2D eigenvalue weighted by Gasteiger charge is -2.20. The number of thiazole rings is 1. The number of amides is 2. The molecule has 1 aliphatic rings. The molecule has 0 bridgehead atoms. The monoisotopic (exact) mass is 347 g/mol. The predicted octanol–water partition coefficient (Wildman–Crippen LogP) is 2.89. The summed E-state index contributed by atoms with van der Waals surface area (Å²) >= 11 is 1.41. The second kappa shape index (κ2) is 6.76. The molecule has 1 fully saturated rings. The van der Waals surface area contributed by atoms with E-state index in [1.54, 1.807) is 4.90 Å². The van der Waals surface area contributed by atoms with Gasteiger partial charge in [-0.15, -0.1) is 0 Å². The first-order valence-corrected chi connectivity index (χ1v) is 8.93. The minimum absolute atomic E-state index is 0.0378. The quantitative estimate of drug-likeness (QED) is 0.903. The highest BCUT2D eigenvalue weighted by molar-refractivity contribution is 7.22. The lowest BCUT2D eigenvalue weighted by molar-refractivity contribution is -0.129. The Morgan fingerprint density at radius 3 is 2.96 bits per heavy atom. The minimum atomic E-state index is -0.314. The van der Waals surface area contributed by atoms with Crippen molar-refractivity contribution in [1.82, 2.24) is 9.88 Å². The Balaban J connectivity index is 1.70. The van der Waals surface area contributed by atoms with Gasteiger partial charge in [-0.05, 0) is 39.0 Å². The first-order valence-electron chi connectivity index (χ1n) is 8.11. The average Bonchev–Trinajstić information content (AvgIpc) is 3.10. The van der Waals surface area contributed by atoms with E-state index in [-0.39, 0.29) is 30.2 Å². The van der Waals surface area contributed by atoms with Gasteiger partial charge in [-0.1, -0.05) is 11.3 Å². The van der Waals surface area contributed by atoms with Gasteiger partial charge in [0.25, 0.3) is 0 Å². The predicted molar refractivity (Wildman–Crippen MR) is 94.4 cm³/mol. The average molecular weight is 347 g/mol. The van der Waals surface area contributed by atoms with Crippen molar-refractivity contribution < 1.29 is 14.3 Å². The minimum Gasteiger partial charge on any atom is -0.494 e. The fourth-order valence-corrected chi connectivity index (χ4v) is 3.73. The molecule has 24 heavy (non-hydrogen) atoms. The van der Waals surface area contributed by atoms with Crippen LogP contribution in [-0.2, 0) is 9.59 Å². The van der Waals surface area contributed by atoms with Crippen LogP contribution in [0.4, 0.5) is 5.13 Å². The molecule has 0 saturated carbocycles. The Bertz CT molecular complexity index is 772. The highest BCUT2D eigenvalue weighted by Crippen LogP contribution is 2.30. The molecule has 2 amide bonds. The summed E-state index contributed by atoms with van der Waals surface area (Å²) in [6.07, 6.45) is 0.267. The summed E-state index contributed by atoms with van der Waals surface area (Å²) < 4.78 is 6.44. The molecule has 0 radical (unpaired) electrons. The zero-order valence-electron chi connectivity index (χ0n) is 14.0. The van der Waals surface area contributed by atoms with Crippen LogP contribution in [0.3, 0.4) is 0 Å². The molecule has 128 valence electrons. The van der Waals surface area contributed by atoms with Crippen LogP contribution < -0.4 is 10.1 Å². The van der Waals surface area contributed by atoms with Gasteiger partial charge in [0.2, 0.25) is 11.8 Å². The summed E-state index contributed by atoms with van der Waals surface area (Å²) in [6, 6.07) is 5.79. The molecule has 3 rings (SSSR count). The van der Waals surface area contributed by atoms with Gasteiger partial charge < -0.3 is 15.0 Å². The lowest BCUT2D eigenvalue weighted by atomic mass is 10.1. The van der Waals surface area contributed by atoms with E-state index in [2.05, 4.69) is 10.3 Å². The number of nitrogens with one attached hydrogen (secondary N) is 1. The van der Waals surface area contributed by atoms with Crippen molar-refractivity contribution in [2.24, 2.45) is 5.92 Å². The number of ether oxygens (including phenoxy) is 1. The summed E-state index contributed by atoms with van der Waals surface area (Å²) in [5, 5.41) is 3.41. The maximum absolute atomic E-state index is 12.4. The molecule has 1 aromatic carbocycles. The Kier molecular flexibility index (Phi) is 4.71. The Hall–Kier alpha value is -2.15. The normalized spacial score (nSPS) is 17.8. The van der Waals surface area contributed by atoms with Crippen LogP contribution in [0.5, 0.6) is 5.75 Å². The van der Waals surface area contributed by atoms with E-state index in [1.807, 2.05) is 39.0 Å². The molecule has 1 saturated heterocycles. The smallest absolute Gasteiger partial charge is 0.231 e. The first-order chi connectivity index (χ1) is 11.5. The molecule has 2 aromatic rings. The Morgan fingerprint density at radius 2 is 2.29 bits per heavy atom. The highest BCUT2D eigenvalue weighted by Gasteiger charge is 2.35. The van der Waals surface area contributed by atoms with E-state index in [0.717, 1.165) is 16.0 Å². The van der Waals surface area contributed by atoms with Crippen LogP contribution in [0.15, 0.2) is 18.2 Å². The van der Waals surface area contributed by atoms with Crippen molar-refractivity contribution >= 4 is 38.5 Å². The van der Waals surface area contributed by atoms with Gasteiger partial charge in [0.05, 0.1) is 22.7 Å². The molecule has 7 heteroatoms. The van der Waals surface area contributed by atoms with Crippen molar-refractivity contribution in [3.05, 3.63) is 18.2 Å². The number of fused-ring (bicyclic) bond motifs is 1. The molecular formula is C17H21N3O3S. The number of benzene rings is 1. The molecule has 0 spiro atoms. The molecule has 0 aliphatic carbocycles. The van der Waals surface area contributed by atoms with Gasteiger partial charge >= 0.3 is 0 Å². The van der Waals surface area contributed by atoms with Crippen LogP contribution in [0.25, 0.3) is 10.2 Å². The summed E-state index contributed by atoms with van der Waals surface area (Å²) in [6.45, 7) is 6.94. The summed E-state index contributed by atoms with van der Waals surface area (Å²) in [5.74, 6) is 0.373. The number of nitrogens with zero attached hydrogens (tertiary/aromatic N) is 2. The zero-order chi connectivity index (χ0) is 17.3. The van der Waals surface area contributed by atoms with Crippen LogP contribution in [0.1, 0.15) is 27.2 Å². The van der Waals surface area contributed by atoms with Crippen molar-refractivity contribution in [2.75, 3.05) is 18.5 Å². The zero-order valence-corrected chi connectivity index (χ0v) is 14.9. The van der Waals surface area contributed by atoms with Crippen LogP contribution in [0, 0.1) is 5.92 Å². The molecule has 1 atom stereocenters. The number of likely N-dealkylation sites (tertiary alicyclic amines) is 1. The van der Waals surface area contributed by atoms with Gasteiger partial charge in [-0.3, -0.25) is 9.59 Å². The van der Waals surface area contributed by atoms with Crippen molar-refractivity contribution in [3.8, 4) is 5.75 Å². The van der Waals surface area contributed by atoms with Crippen LogP contribution in [0.2, 0.25) is 0 Å². The maximum atomic E-state index is 12.4. The highest BCUT2D eigenvalue weighted by atomic mass is 32.1. The van der Waals surface area contributed by atoms with E-state index in [1.165, 1.54) is 11.3 Å². The van der Waals surface area contributed by atoms with Crippen LogP contribution >= 0.6 is 11.3 Å². The molecule has 1 aromatic heterocycles. The fraction of sp³-hybridized carbons (Fsp3) is 0.471. The topological polar surface area (TPSA) is 71.5 Å². The van der Waals surface area contributed by atoms with Gasteiger partial charge in [-0.2, -0.15) is 0 Å². The van der Waals surface area contributed by atoms with E-state index < -0.39 is 0 Å². The van der Waals surface area contributed by atoms with E-state index in [0.29, 0.717) is 18.3 Å². The number of carbonyl (C=O) groups is 2. The lowest BCUT2D eigenvalue weighted by Crippen LogP contribution is -2.33. The van der Waals surface area contributed by atoms with E-state index in [9.17, 15) is 9.59 Å². The van der Waals surface area contributed by atoms with Crippen molar-refractivity contribution in [2.45, 2.75) is 33.2 Å². The number of anilines is 1. The Morgan fingerprint density at radius 1 is 1.50 bits per heavy atom. The van der Waals surface area contributed by atoms with Gasteiger partial charge in [0, 0.05) is 19.0 Å². The standard InChI is InChI=1S/C17H21N3O3S/c1-4-23-12-5-6-13-14(8-12)24-17(18-13)19-16(22)11-7-15(21)20(9-11)10(2)3/h5-6,8,10-11H,4,7,9H2,1-3H3,(H,18,19,22). The number of aromatic nitrogens is 1. The molecule has 6 nitrogen and oxygen atoms in total. The number of hydrogen-bond acceptors (Lipinski definition) is 5. The second-order valence-corrected chi connectivity index (χ2v) is 7.14. The van der Waals surface area contributed by atoms with E-state index in [4.69, 9.17) is 4.74 Å². The number of rotatable bonds is 5. The Labute approximate surface area is 144 Å². The summed E-state index contributed by atoms with van der Waals surface area (Å²) in [5.41, 5.74) is 0.824. The third-order valence-electron chi connectivity index (χ3n) is 4.05. The van der Waals surface area contributed by atoms with Crippen molar-refractivity contribution in [3.63, 3.8) is 0 Å². The van der Waals surface area contributed by atoms with Gasteiger partial charge in [0.1, 0.15) is 5.75 Å². The fourth-order valence-electron chi connectivity index (χ4n) is 2.83. The molecular weight excluding hydrogens is 326 g/mol. The number of carbonyl (C=O) groups excluding carboxylic acids is 2. The summed E-state index contributed by atoms with van der Waals surface area (Å²) in [7, 11) is 0. The molecule has 1 N–H and O–H groups in total. The first kappa shape index (κ1) is 16.7. The SMILES string of the molecule is CCOc1ccc2nc(NC(=O)C3CC(=O)N(C(C)C)C3)sc2c1. The molecule has 2 heterocycles. The van der Waals surface area contributed by atoms with Crippen LogP contribution in [-0.4, -0.2) is 40.9 Å². The van der Waals surface area contributed by atoms with Crippen molar-refractivity contribution in [1.29, 1.82) is 0 Å². The molecule has 1 unspecified atom stereocenters. The van der Waals surface area contributed by atoms with Gasteiger partial charge in [-0.25, -0.2) is 4.98 Å². The van der Waals surface area contributed by atoms with Gasteiger partial charge in [0.15, 0.2) is 5.13 Å².